The summed E-state index contributed by atoms with van der Waals surface area (Å²) in [5.41, 5.74) is 3.77. The summed E-state index contributed by atoms with van der Waals surface area (Å²) in [4.78, 5) is 0. The van der Waals surface area contributed by atoms with Crippen LogP contribution in [0.1, 0.15) is 5.56 Å². The van der Waals surface area contributed by atoms with E-state index in [1.807, 2.05) is 12.1 Å². The van der Waals surface area contributed by atoms with Crippen LogP contribution in [-0.4, -0.2) is 7.11 Å². The Morgan fingerprint density at radius 3 is 2.53 bits per heavy atom. The normalized spacial score (nSPS) is 10.6. The van der Waals surface area contributed by atoms with Crippen LogP contribution in [0.4, 0.5) is 0 Å². The summed E-state index contributed by atoms with van der Waals surface area (Å²) in [7, 11) is 1.70. The first-order valence-electron chi connectivity index (χ1n) is 6.42. The standard InChI is InChI=1S/C18H16O/c1-13-17-9-4-3-6-14(17)10-11-18(13)15-7-5-8-16(12-15)19-2/h3-12H,1-2H3. The third-order valence-electron chi connectivity index (χ3n) is 3.58. The fourth-order valence-electron chi connectivity index (χ4n) is 2.53. The molecule has 0 amide bonds. The van der Waals surface area contributed by atoms with Gasteiger partial charge in [-0.05, 0) is 46.5 Å². The second-order valence-corrected chi connectivity index (χ2v) is 4.69. The van der Waals surface area contributed by atoms with Gasteiger partial charge in [-0.25, -0.2) is 0 Å². The van der Waals surface area contributed by atoms with Gasteiger partial charge in [0.1, 0.15) is 5.75 Å². The molecule has 3 aromatic carbocycles. The van der Waals surface area contributed by atoms with E-state index >= 15 is 0 Å². The van der Waals surface area contributed by atoms with Gasteiger partial charge in [0.05, 0.1) is 7.11 Å². The second-order valence-electron chi connectivity index (χ2n) is 4.69. The molecule has 19 heavy (non-hydrogen) atoms. The molecule has 0 aromatic heterocycles. The van der Waals surface area contributed by atoms with Gasteiger partial charge < -0.3 is 4.74 Å². The maximum atomic E-state index is 5.30. The molecule has 0 aliphatic rings. The van der Waals surface area contributed by atoms with E-state index in [1.165, 1.54) is 27.5 Å². The average Bonchev–Trinajstić information content (AvgIpc) is 2.48. The zero-order valence-corrected chi connectivity index (χ0v) is 11.2. The lowest BCUT2D eigenvalue weighted by molar-refractivity contribution is 0.415. The van der Waals surface area contributed by atoms with E-state index in [-0.39, 0.29) is 0 Å². The van der Waals surface area contributed by atoms with Gasteiger partial charge in [-0.1, -0.05) is 48.5 Å². The third-order valence-corrected chi connectivity index (χ3v) is 3.58. The number of hydrogen-bond acceptors (Lipinski definition) is 1. The number of hydrogen-bond donors (Lipinski definition) is 0. The molecule has 0 bridgehead atoms. The van der Waals surface area contributed by atoms with Crippen molar-refractivity contribution in [1.29, 1.82) is 0 Å². The van der Waals surface area contributed by atoms with Crippen molar-refractivity contribution in [2.75, 3.05) is 7.11 Å². The highest BCUT2D eigenvalue weighted by Crippen LogP contribution is 2.31. The molecule has 0 unspecified atom stereocenters. The summed E-state index contributed by atoms with van der Waals surface area (Å²) in [5.74, 6) is 0.894. The second kappa shape index (κ2) is 4.77. The zero-order chi connectivity index (χ0) is 13.2. The quantitative estimate of drug-likeness (QED) is 0.631. The smallest absolute Gasteiger partial charge is 0.119 e. The minimum Gasteiger partial charge on any atom is -0.497 e. The third kappa shape index (κ3) is 2.08. The topological polar surface area (TPSA) is 9.23 Å². The van der Waals surface area contributed by atoms with Crippen LogP contribution in [-0.2, 0) is 0 Å². The van der Waals surface area contributed by atoms with Gasteiger partial charge in [0.2, 0.25) is 0 Å². The van der Waals surface area contributed by atoms with Crippen molar-refractivity contribution in [3.63, 3.8) is 0 Å². The largest absolute Gasteiger partial charge is 0.497 e. The van der Waals surface area contributed by atoms with Gasteiger partial charge >= 0.3 is 0 Å². The molecular formula is C18H16O. The Bertz CT molecular complexity index is 729. The fourth-order valence-corrected chi connectivity index (χ4v) is 2.53. The first kappa shape index (κ1) is 11.8. The van der Waals surface area contributed by atoms with Crippen molar-refractivity contribution in [3.05, 3.63) is 66.2 Å². The zero-order valence-electron chi connectivity index (χ0n) is 11.2. The molecule has 0 fully saturated rings. The van der Waals surface area contributed by atoms with Gasteiger partial charge in [0.15, 0.2) is 0 Å². The molecule has 0 aliphatic carbocycles. The van der Waals surface area contributed by atoms with Crippen molar-refractivity contribution >= 4 is 10.8 Å². The van der Waals surface area contributed by atoms with Crippen LogP contribution in [0.2, 0.25) is 0 Å². The number of methoxy groups -OCH3 is 1. The molecule has 0 N–H and O–H groups in total. The Hall–Kier alpha value is -2.28. The van der Waals surface area contributed by atoms with Gasteiger partial charge in [0.25, 0.3) is 0 Å². The molecule has 3 aromatic rings. The Morgan fingerprint density at radius 1 is 0.842 bits per heavy atom. The van der Waals surface area contributed by atoms with Crippen LogP contribution in [0.3, 0.4) is 0 Å². The number of ether oxygens (including phenoxy) is 1. The molecular weight excluding hydrogens is 232 g/mol. The van der Waals surface area contributed by atoms with Crippen LogP contribution in [0, 0.1) is 6.92 Å². The van der Waals surface area contributed by atoms with Crippen molar-refractivity contribution in [2.24, 2.45) is 0 Å². The van der Waals surface area contributed by atoms with Crippen LogP contribution in [0.5, 0.6) is 5.75 Å². The Balaban J connectivity index is 2.22. The molecule has 0 radical (unpaired) electrons. The van der Waals surface area contributed by atoms with E-state index in [0.717, 1.165) is 5.75 Å². The summed E-state index contributed by atoms with van der Waals surface area (Å²) in [6, 6.07) is 21.1. The molecule has 1 nitrogen and oxygen atoms in total. The van der Waals surface area contributed by atoms with Crippen LogP contribution >= 0.6 is 0 Å². The molecule has 0 aliphatic heterocycles. The first-order chi connectivity index (χ1) is 9.29. The summed E-state index contributed by atoms with van der Waals surface area (Å²) < 4.78 is 5.30. The average molecular weight is 248 g/mol. The number of aryl methyl sites for hydroxylation is 1. The van der Waals surface area contributed by atoms with E-state index in [0.29, 0.717) is 0 Å². The van der Waals surface area contributed by atoms with Gasteiger partial charge in [0, 0.05) is 0 Å². The minimum absolute atomic E-state index is 0.894. The lowest BCUT2D eigenvalue weighted by Gasteiger charge is -2.10. The first-order valence-corrected chi connectivity index (χ1v) is 6.42. The van der Waals surface area contributed by atoms with E-state index in [9.17, 15) is 0 Å². The number of fused-ring (bicyclic) bond motifs is 1. The van der Waals surface area contributed by atoms with Gasteiger partial charge in [-0.3, -0.25) is 0 Å². The Labute approximate surface area is 113 Å². The molecule has 1 heteroatoms. The van der Waals surface area contributed by atoms with Crippen LogP contribution in [0.15, 0.2) is 60.7 Å². The molecule has 3 rings (SSSR count). The van der Waals surface area contributed by atoms with Crippen molar-refractivity contribution in [3.8, 4) is 16.9 Å². The van der Waals surface area contributed by atoms with E-state index in [4.69, 9.17) is 4.74 Å². The highest BCUT2D eigenvalue weighted by Gasteiger charge is 2.06. The summed E-state index contributed by atoms with van der Waals surface area (Å²) >= 11 is 0. The van der Waals surface area contributed by atoms with Crippen molar-refractivity contribution in [1.82, 2.24) is 0 Å². The molecule has 0 atom stereocenters. The minimum atomic E-state index is 0.894. The lowest BCUT2D eigenvalue weighted by atomic mass is 9.95. The van der Waals surface area contributed by atoms with E-state index in [2.05, 4.69) is 55.5 Å². The highest BCUT2D eigenvalue weighted by molar-refractivity contribution is 5.91. The summed E-state index contributed by atoms with van der Waals surface area (Å²) in [6.07, 6.45) is 0. The molecule has 0 heterocycles. The Kier molecular flexibility index (Phi) is 2.96. The maximum Gasteiger partial charge on any atom is 0.119 e. The molecule has 0 saturated carbocycles. The molecule has 0 saturated heterocycles. The van der Waals surface area contributed by atoms with Crippen molar-refractivity contribution < 1.29 is 4.74 Å². The summed E-state index contributed by atoms with van der Waals surface area (Å²) in [5, 5.41) is 2.59. The predicted octanol–water partition coefficient (Wildman–Crippen LogP) is 4.82. The van der Waals surface area contributed by atoms with Crippen LogP contribution < -0.4 is 4.74 Å². The lowest BCUT2D eigenvalue weighted by Crippen LogP contribution is -1.87. The maximum absolute atomic E-state index is 5.30. The SMILES string of the molecule is COc1cccc(-c2ccc3ccccc3c2C)c1. The van der Waals surface area contributed by atoms with E-state index in [1.54, 1.807) is 7.11 Å². The number of rotatable bonds is 2. The van der Waals surface area contributed by atoms with Crippen LogP contribution in [0.25, 0.3) is 21.9 Å². The van der Waals surface area contributed by atoms with E-state index < -0.39 is 0 Å². The Morgan fingerprint density at radius 2 is 1.68 bits per heavy atom. The summed E-state index contributed by atoms with van der Waals surface area (Å²) in [6.45, 7) is 2.18. The predicted molar refractivity (Wildman–Crippen MR) is 80.7 cm³/mol. The van der Waals surface area contributed by atoms with Gasteiger partial charge in [-0.15, -0.1) is 0 Å². The monoisotopic (exact) mass is 248 g/mol. The molecule has 94 valence electrons. The molecule has 0 spiro atoms. The van der Waals surface area contributed by atoms with Gasteiger partial charge in [-0.2, -0.15) is 0 Å². The highest BCUT2D eigenvalue weighted by atomic mass is 16.5. The fraction of sp³-hybridized carbons (Fsp3) is 0.111. The number of benzene rings is 3. The van der Waals surface area contributed by atoms with Crippen molar-refractivity contribution in [2.45, 2.75) is 6.92 Å².